The second kappa shape index (κ2) is 8.83. The highest BCUT2D eigenvalue weighted by Gasteiger charge is 2.36. The van der Waals surface area contributed by atoms with Crippen molar-refractivity contribution in [1.82, 2.24) is 4.90 Å². The van der Waals surface area contributed by atoms with Gasteiger partial charge in [0.1, 0.15) is 6.17 Å². The molecule has 158 valence electrons. The van der Waals surface area contributed by atoms with Crippen LogP contribution in [-0.4, -0.2) is 48.6 Å². The van der Waals surface area contributed by atoms with Gasteiger partial charge in [-0.1, -0.05) is 43.0 Å². The quantitative estimate of drug-likeness (QED) is 0.632. The highest BCUT2D eigenvalue weighted by Crippen LogP contribution is 2.49. The Morgan fingerprint density at radius 3 is 2.33 bits per heavy atom. The van der Waals surface area contributed by atoms with Crippen LogP contribution >= 0.6 is 11.8 Å². The summed E-state index contributed by atoms with van der Waals surface area (Å²) in [6.45, 7) is 2.92. The number of hydrogen-bond acceptors (Lipinski definition) is 6. The minimum atomic E-state index is -4.10. The van der Waals surface area contributed by atoms with E-state index in [-0.39, 0.29) is 24.4 Å². The highest BCUT2D eigenvalue weighted by molar-refractivity contribution is 7.99. The van der Waals surface area contributed by atoms with Crippen LogP contribution in [0.4, 0.5) is 11.4 Å². The molecule has 1 N–H and O–H groups in total. The Morgan fingerprint density at radius 1 is 1.10 bits per heavy atom. The maximum absolute atomic E-state index is 11.7. The standard InChI is InChI=1S/C22H25N3O3S2/c1-2-14-24-15-7-13-23-22(24)19(12-16-30(26,27)28)25-17-8-3-5-10-20(17)29-21-11-6-4-9-18(21)25/h3-11,13,15,19,22H,2,12,14,16H2,1H3,(H,26,27,28). The molecular formula is C22H25N3O3S2. The lowest BCUT2D eigenvalue weighted by Crippen LogP contribution is -2.50. The fraction of sp³-hybridized carbons (Fsp3) is 0.318. The molecule has 2 aliphatic heterocycles. The molecule has 0 bridgehead atoms. The van der Waals surface area contributed by atoms with Crippen molar-refractivity contribution in [2.45, 2.75) is 41.8 Å². The van der Waals surface area contributed by atoms with Gasteiger partial charge < -0.3 is 9.80 Å². The molecule has 0 aliphatic carbocycles. The lowest BCUT2D eigenvalue weighted by Gasteiger charge is -2.44. The van der Waals surface area contributed by atoms with E-state index in [1.807, 2.05) is 36.5 Å². The van der Waals surface area contributed by atoms with Crippen LogP contribution in [0, 0.1) is 0 Å². The van der Waals surface area contributed by atoms with Gasteiger partial charge in [-0.05, 0) is 43.2 Å². The third kappa shape index (κ3) is 4.40. The van der Waals surface area contributed by atoms with Gasteiger partial charge in [-0.25, -0.2) is 0 Å². The van der Waals surface area contributed by atoms with Crippen molar-refractivity contribution in [2.75, 3.05) is 17.2 Å². The lowest BCUT2D eigenvalue weighted by atomic mass is 10.0. The maximum Gasteiger partial charge on any atom is 0.264 e. The van der Waals surface area contributed by atoms with Gasteiger partial charge in [0.2, 0.25) is 0 Å². The van der Waals surface area contributed by atoms with Gasteiger partial charge in [-0.15, -0.1) is 0 Å². The van der Waals surface area contributed by atoms with E-state index in [2.05, 4.69) is 41.0 Å². The summed E-state index contributed by atoms with van der Waals surface area (Å²) in [5.74, 6) is -0.318. The fourth-order valence-electron chi connectivity index (χ4n) is 4.02. The summed E-state index contributed by atoms with van der Waals surface area (Å²) in [4.78, 5) is 11.3. The molecule has 30 heavy (non-hydrogen) atoms. The van der Waals surface area contributed by atoms with Crippen molar-refractivity contribution in [2.24, 2.45) is 4.99 Å². The van der Waals surface area contributed by atoms with E-state index in [4.69, 9.17) is 4.99 Å². The van der Waals surface area contributed by atoms with Crippen LogP contribution in [-0.2, 0) is 10.1 Å². The zero-order chi connectivity index (χ0) is 21.1. The number of fused-ring (bicyclic) bond motifs is 2. The smallest absolute Gasteiger partial charge is 0.264 e. The molecular weight excluding hydrogens is 418 g/mol. The van der Waals surface area contributed by atoms with Gasteiger partial charge in [-0.3, -0.25) is 9.55 Å². The summed E-state index contributed by atoms with van der Waals surface area (Å²) in [5.41, 5.74) is 2.06. The van der Waals surface area contributed by atoms with Gasteiger partial charge in [0.05, 0.1) is 23.2 Å². The Bertz CT molecular complexity index is 1020. The van der Waals surface area contributed by atoms with E-state index in [1.54, 1.807) is 18.0 Å². The van der Waals surface area contributed by atoms with Gasteiger partial charge >= 0.3 is 0 Å². The number of nitrogens with zero attached hydrogens (tertiary/aromatic N) is 3. The Kier molecular flexibility index (Phi) is 6.17. The second-order valence-corrected chi connectivity index (χ2v) is 10.00. The Balaban J connectivity index is 1.82. The molecule has 2 aromatic rings. The number of aliphatic imine (C=N–C) groups is 1. The zero-order valence-corrected chi connectivity index (χ0v) is 18.4. The maximum atomic E-state index is 11.7. The van der Waals surface area contributed by atoms with Crippen LogP contribution in [0.15, 0.2) is 75.6 Å². The van der Waals surface area contributed by atoms with E-state index in [0.29, 0.717) is 0 Å². The Morgan fingerprint density at radius 2 is 1.73 bits per heavy atom. The van der Waals surface area contributed by atoms with Crippen molar-refractivity contribution in [3.63, 3.8) is 0 Å². The number of rotatable bonds is 7. The first-order valence-electron chi connectivity index (χ1n) is 10.0. The fourth-order valence-corrected chi connectivity index (χ4v) is 5.63. The van der Waals surface area contributed by atoms with E-state index in [9.17, 15) is 13.0 Å². The first-order valence-corrected chi connectivity index (χ1v) is 12.5. The minimum absolute atomic E-state index is 0.252. The average molecular weight is 444 g/mol. The number of allylic oxidation sites excluding steroid dienone is 1. The molecule has 2 atom stereocenters. The van der Waals surface area contributed by atoms with Crippen LogP contribution < -0.4 is 4.90 Å². The number of anilines is 2. The predicted molar refractivity (Wildman–Crippen MR) is 122 cm³/mol. The van der Waals surface area contributed by atoms with Gasteiger partial charge in [-0.2, -0.15) is 8.42 Å². The summed E-state index contributed by atoms with van der Waals surface area (Å²) < 4.78 is 32.8. The largest absolute Gasteiger partial charge is 0.354 e. The molecule has 2 aromatic carbocycles. The first-order chi connectivity index (χ1) is 14.5. The topological polar surface area (TPSA) is 73.2 Å². The van der Waals surface area contributed by atoms with Crippen molar-refractivity contribution < 1.29 is 13.0 Å². The molecule has 0 saturated heterocycles. The van der Waals surface area contributed by atoms with E-state index < -0.39 is 10.1 Å². The summed E-state index contributed by atoms with van der Waals surface area (Å²) in [6.07, 6.45) is 6.62. The summed E-state index contributed by atoms with van der Waals surface area (Å²) in [7, 11) is -4.10. The summed E-state index contributed by atoms with van der Waals surface area (Å²) in [5, 5.41) is 0. The van der Waals surface area contributed by atoms with Gasteiger partial charge in [0.15, 0.2) is 0 Å². The SMILES string of the molecule is CCCN1C=CC=NC1C(CCS(=O)(=O)O)N1c2ccccc2Sc2ccccc21. The molecule has 2 heterocycles. The van der Waals surface area contributed by atoms with Crippen molar-refractivity contribution in [3.05, 3.63) is 60.8 Å². The van der Waals surface area contributed by atoms with Crippen LogP contribution in [0.25, 0.3) is 0 Å². The molecule has 0 amide bonds. The monoisotopic (exact) mass is 443 g/mol. The molecule has 0 spiro atoms. The van der Waals surface area contributed by atoms with E-state index in [0.717, 1.165) is 34.1 Å². The molecule has 2 aliphatic rings. The summed E-state index contributed by atoms with van der Waals surface area (Å²) in [6, 6.07) is 16.0. The molecule has 6 nitrogen and oxygen atoms in total. The molecule has 8 heteroatoms. The second-order valence-electron chi connectivity index (χ2n) is 7.34. The van der Waals surface area contributed by atoms with Crippen molar-refractivity contribution in [3.8, 4) is 0 Å². The molecule has 0 aromatic heterocycles. The molecule has 2 unspecified atom stereocenters. The average Bonchev–Trinajstić information content (AvgIpc) is 2.73. The molecule has 0 radical (unpaired) electrons. The lowest BCUT2D eigenvalue weighted by molar-refractivity contribution is 0.240. The number of hydrogen-bond donors (Lipinski definition) is 1. The van der Waals surface area contributed by atoms with Crippen LogP contribution in [0.5, 0.6) is 0 Å². The number of benzene rings is 2. The van der Waals surface area contributed by atoms with Crippen molar-refractivity contribution in [1.29, 1.82) is 0 Å². The third-order valence-electron chi connectivity index (χ3n) is 5.24. The highest BCUT2D eigenvalue weighted by atomic mass is 32.2. The predicted octanol–water partition coefficient (Wildman–Crippen LogP) is 4.57. The Labute approximate surface area is 182 Å². The van der Waals surface area contributed by atoms with E-state index in [1.165, 1.54) is 0 Å². The van der Waals surface area contributed by atoms with Gasteiger partial charge in [0.25, 0.3) is 10.1 Å². The summed E-state index contributed by atoms with van der Waals surface area (Å²) >= 11 is 1.71. The third-order valence-corrected chi connectivity index (χ3v) is 7.12. The van der Waals surface area contributed by atoms with Gasteiger partial charge in [0, 0.05) is 28.8 Å². The molecule has 4 rings (SSSR count). The normalized spacial score (nSPS) is 18.8. The van der Waals surface area contributed by atoms with Crippen LogP contribution in [0.2, 0.25) is 0 Å². The molecule has 0 saturated carbocycles. The first kappa shape index (κ1) is 21.0. The zero-order valence-electron chi connectivity index (χ0n) is 16.8. The number of para-hydroxylation sites is 2. The van der Waals surface area contributed by atoms with Crippen LogP contribution in [0.3, 0.4) is 0 Å². The molecule has 0 fully saturated rings. The van der Waals surface area contributed by atoms with E-state index >= 15 is 0 Å². The van der Waals surface area contributed by atoms with Crippen LogP contribution in [0.1, 0.15) is 19.8 Å². The minimum Gasteiger partial charge on any atom is -0.354 e. The van der Waals surface area contributed by atoms with Crippen molar-refractivity contribution >= 4 is 39.5 Å². The Hall–Kier alpha value is -2.29.